The van der Waals surface area contributed by atoms with E-state index in [4.69, 9.17) is 4.74 Å². The van der Waals surface area contributed by atoms with Crippen LogP contribution in [0.15, 0.2) is 65.7 Å². The van der Waals surface area contributed by atoms with Crippen LogP contribution >= 0.6 is 0 Å². The van der Waals surface area contributed by atoms with Crippen molar-refractivity contribution in [2.24, 2.45) is 17.8 Å². The van der Waals surface area contributed by atoms with Gasteiger partial charge in [-0.15, -0.1) is 0 Å². The van der Waals surface area contributed by atoms with Gasteiger partial charge in [0.05, 0.1) is 29.7 Å². The molecule has 0 radical (unpaired) electrons. The molecule has 0 saturated carbocycles. The second-order valence-corrected chi connectivity index (χ2v) is 10.9. The number of hydrogen-bond acceptors (Lipinski definition) is 6. The number of alkyl halides is 3. The second kappa shape index (κ2) is 9.12. The molecule has 2 amide bonds. The van der Waals surface area contributed by atoms with Crippen LogP contribution in [-0.4, -0.2) is 47.2 Å². The van der Waals surface area contributed by atoms with Crippen molar-refractivity contribution in [1.29, 1.82) is 0 Å². The molecule has 3 saturated heterocycles. The van der Waals surface area contributed by atoms with E-state index in [0.717, 1.165) is 22.6 Å². The van der Waals surface area contributed by atoms with E-state index in [1.54, 1.807) is 49.1 Å². The van der Waals surface area contributed by atoms with Crippen molar-refractivity contribution in [3.63, 3.8) is 0 Å². The molecule has 208 valence electrons. The maximum Gasteiger partial charge on any atom is 0.416 e. The molecule has 4 aliphatic rings. The van der Waals surface area contributed by atoms with Crippen LogP contribution in [0.5, 0.6) is 0 Å². The lowest BCUT2D eigenvalue weighted by atomic mass is 9.71. The minimum atomic E-state index is -4.56. The Bertz CT molecular complexity index is 1450. The van der Waals surface area contributed by atoms with Gasteiger partial charge in [-0.1, -0.05) is 30.3 Å². The predicted molar refractivity (Wildman–Crippen MR) is 137 cm³/mol. The fourth-order valence-electron chi connectivity index (χ4n) is 7.28. The van der Waals surface area contributed by atoms with Gasteiger partial charge in [0, 0.05) is 19.0 Å². The highest BCUT2D eigenvalue weighted by Gasteiger charge is 2.74. The molecule has 0 unspecified atom stereocenters. The maximum absolute atomic E-state index is 14.2. The number of imide groups is 1. The number of para-hydroxylation sites is 1. The maximum atomic E-state index is 14.2. The lowest BCUT2D eigenvalue weighted by Gasteiger charge is -2.47. The Morgan fingerprint density at radius 3 is 2.33 bits per heavy atom. The summed E-state index contributed by atoms with van der Waals surface area (Å²) in [5, 5.41) is 0. The molecule has 3 aliphatic heterocycles. The molecule has 0 aromatic heterocycles. The molecule has 0 bridgehead atoms. The molecule has 3 heterocycles. The molecule has 0 N–H and O–H groups in total. The average molecular weight is 553 g/mol. The number of amides is 2. The number of nitrogens with zero attached hydrogens (tertiary/aromatic N) is 2. The summed E-state index contributed by atoms with van der Waals surface area (Å²) in [5.41, 5.74) is -0.251. The Kier molecular flexibility index (Phi) is 6.03. The molecule has 0 spiro atoms. The molecule has 6 rings (SSSR count). The summed E-state index contributed by atoms with van der Waals surface area (Å²) in [4.78, 5) is 57.8. The zero-order valence-corrected chi connectivity index (χ0v) is 21.9. The van der Waals surface area contributed by atoms with Crippen molar-refractivity contribution in [1.82, 2.24) is 4.90 Å². The van der Waals surface area contributed by atoms with Gasteiger partial charge in [0.15, 0.2) is 5.78 Å². The Balaban J connectivity index is 1.56. The van der Waals surface area contributed by atoms with E-state index in [0.29, 0.717) is 16.8 Å². The highest BCUT2D eigenvalue weighted by atomic mass is 19.4. The quantitative estimate of drug-likeness (QED) is 0.411. The number of allylic oxidation sites excluding steroid dienone is 1. The summed E-state index contributed by atoms with van der Waals surface area (Å²) >= 11 is 0. The van der Waals surface area contributed by atoms with Gasteiger partial charge in [-0.3, -0.25) is 24.1 Å². The van der Waals surface area contributed by atoms with Crippen molar-refractivity contribution in [3.05, 3.63) is 76.9 Å². The smallest absolute Gasteiger partial charge is 0.416 e. The first-order valence-corrected chi connectivity index (χ1v) is 13.3. The van der Waals surface area contributed by atoms with Gasteiger partial charge < -0.3 is 4.74 Å². The van der Waals surface area contributed by atoms with Gasteiger partial charge in [-0.2, -0.15) is 13.2 Å². The van der Waals surface area contributed by atoms with E-state index in [2.05, 4.69) is 0 Å². The number of carbonyl (C=O) groups excluding carboxylic acids is 4. The number of fused-ring (bicyclic) bond motifs is 4. The van der Waals surface area contributed by atoms with Crippen molar-refractivity contribution in [2.75, 3.05) is 18.1 Å². The number of benzene rings is 2. The number of piperidine rings is 1. The van der Waals surface area contributed by atoms with Gasteiger partial charge in [0.25, 0.3) is 0 Å². The SMILES string of the molecule is CCOC(=O)[C@]12C[C@H]3CC(=O)C(C)=C3CN1[C@H](c1ccc(C(F)(F)F)cc1)[C@@H]1C(=O)N(c3ccccc3)C(=O)[C@@H]12. The fourth-order valence-corrected chi connectivity index (χ4v) is 7.28. The summed E-state index contributed by atoms with van der Waals surface area (Å²) in [6, 6.07) is 12.0. The van der Waals surface area contributed by atoms with Crippen LogP contribution in [0, 0.1) is 17.8 Å². The number of ketones is 1. The Morgan fingerprint density at radius 2 is 1.70 bits per heavy atom. The highest BCUT2D eigenvalue weighted by Crippen LogP contribution is 2.61. The van der Waals surface area contributed by atoms with Crippen LogP contribution in [0.4, 0.5) is 18.9 Å². The van der Waals surface area contributed by atoms with Crippen LogP contribution in [0.2, 0.25) is 0 Å². The number of ether oxygens (including phenoxy) is 1. The first-order valence-electron chi connectivity index (χ1n) is 13.3. The zero-order valence-electron chi connectivity index (χ0n) is 21.9. The first kappa shape index (κ1) is 26.4. The monoisotopic (exact) mass is 552 g/mol. The van der Waals surface area contributed by atoms with Crippen LogP contribution < -0.4 is 4.90 Å². The van der Waals surface area contributed by atoms with Crippen LogP contribution in [-0.2, 0) is 30.1 Å². The highest BCUT2D eigenvalue weighted by molar-refractivity contribution is 6.24. The lowest BCUT2D eigenvalue weighted by molar-refractivity contribution is -0.164. The third kappa shape index (κ3) is 3.61. The van der Waals surface area contributed by atoms with Crippen molar-refractivity contribution >= 4 is 29.3 Å². The van der Waals surface area contributed by atoms with Gasteiger partial charge in [0.1, 0.15) is 5.54 Å². The van der Waals surface area contributed by atoms with E-state index in [-0.39, 0.29) is 37.7 Å². The molecule has 7 nitrogen and oxygen atoms in total. The zero-order chi connectivity index (χ0) is 28.6. The van der Waals surface area contributed by atoms with Crippen LogP contribution in [0.25, 0.3) is 0 Å². The number of carbonyl (C=O) groups is 4. The number of esters is 1. The fraction of sp³-hybridized carbons (Fsp3) is 0.400. The third-order valence-electron chi connectivity index (χ3n) is 9.00. The molecule has 10 heteroatoms. The molecule has 1 aliphatic carbocycles. The number of Topliss-reactive ketones (excluding diaryl/α,β-unsaturated/α-hetero) is 1. The largest absolute Gasteiger partial charge is 0.465 e. The number of hydrogen-bond donors (Lipinski definition) is 0. The normalized spacial score (nSPS) is 30.0. The van der Waals surface area contributed by atoms with Crippen molar-refractivity contribution in [2.45, 2.75) is 44.4 Å². The number of anilines is 1. The van der Waals surface area contributed by atoms with Crippen molar-refractivity contribution < 1.29 is 37.1 Å². The molecule has 3 fully saturated rings. The van der Waals surface area contributed by atoms with E-state index in [9.17, 15) is 32.3 Å². The summed E-state index contributed by atoms with van der Waals surface area (Å²) in [7, 11) is 0. The van der Waals surface area contributed by atoms with E-state index in [1.165, 1.54) is 12.1 Å². The summed E-state index contributed by atoms with van der Waals surface area (Å²) in [5.74, 6) is -4.24. The molecule has 5 atom stereocenters. The molecule has 2 aromatic carbocycles. The molecule has 2 aromatic rings. The minimum Gasteiger partial charge on any atom is -0.465 e. The van der Waals surface area contributed by atoms with E-state index < -0.39 is 52.9 Å². The minimum absolute atomic E-state index is 0.0343. The van der Waals surface area contributed by atoms with Gasteiger partial charge in [-0.05, 0) is 67.2 Å². The molecule has 40 heavy (non-hydrogen) atoms. The van der Waals surface area contributed by atoms with Gasteiger partial charge in [0.2, 0.25) is 11.8 Å². The molecular formula is C30H27F3N2O5. The standard InChI is InChI=1S/C30H27F3N2O5/c1-3-40-28(39)29-14-18-13-22(36)16(2)21(18)15-34(29)25(17-9-11-19(12-10-17)30(31,32)33)23-24(29)27(38)35(26(23)37)20-7-5-4-6-8-20/h4-12,18,23-25H,3,13-15H2,1-2H3/t18-,23-,24-,25-,29-/m1/s1. The Hall–Kier alpha value is -3.79. The Labute approximate surface area is 228 Å². The predicted octanol–water partition coefficient (Wildman–Crippen LogP) is 4.48. The van der Waals surface area contributed by atoms with E-state index >= 15 is 0 Å². The van der Waals surface area contributed by atoms with Gasteiger partial charge in [-0.25, -0.2) is 4.90 Å². The van der Waals surface area contributed by atoms with E-state index in [1.807, 2.05) is 0 Å². The third-order valence-corrected chi connectivity index (χ3v) is 9.00. The number of rotatable bonds is 4. The summed E-state index contributed by atoms with van der Waals surface area (Å²) in [6.07, 6.45) is -4.26. The first-order chi connectivity index (χ1) is 19.0. The van der Waals surface area contributed by atoms with Crippen LogP contribution in [0.1, 0.15) is 43.9 Å². The van der Waals surface area contributed by atoms with Gasteiger partial charge >= 0.3 is 12.1 Å². The second-order valence-electron chi connectivity index (χ2n) is 10.9. The van der Waals surface area contributed by atoms with Crippen LogP contribution in [0.3, 0.4) is 0 Å². The lowest BCUT2D eigenvalue weighted by Crippen LogP contribution is -2.62. The summed E-state index contributed by atoms with van der Waals surface area (Å²) in [6.45, 7) is 3.54. The average Bonchev–Trinajstić information content (AvgIpc) is 3.48. The number of halogens is 3. The topological polar surface area (TPSA) is 84.0 Å². The molecular weight excluding hydrogens is 525 g/mol. The summed E-state index contributed by atoms with van der Waals surface area (Å²) < 4.78 is 45.7. The Morgan fingerprint density at radius 1 is 1.02 bits per heavy atom. The van der Waals surface area contributed by atoms with Crippen molar-refractivity contribution in [3.8, 4) is 0 Å².